The maximum absolute atomic E-state index is 10.8. The fourth-order valence-electron chi connectivity index (χ4n) is 3.61. The molecule has 0 aromatic heterocycles. The Labute approximate surface area is 208 Å². The Kier molecular flexibility index (Phi) is 8.70. The van der Waals surface area contributed by atoms with Crippen molar-refractivity contribution in [3.05, 3.63) is 48.0 Å². The van der Waals surface area contributed by atoms with Crippen LogP contribution in [0.2, 0.25) is 0 Å². The van der Waals surface area contributed by atoms with Crippen LogP contribution < -0.4 is 28.4 Å². The van der Waals surface area contributed by atoms with Crippen molar-refractivity contribution >= 4 is 0 Å². The van der Waals surface area contributed by atoms with E-state index < -0.39 is 18.8 Å². The Morgan fingerprint density at radius 3 is 1.81 bits per heavy atom. The quantitative estimate of drug-likeness (QED) is 0.309. The molecule has 0 bridgehead atoms. The molecule has 0 saturated carbocycles. The van der Waals surface area contributed by atoms with E-state index in [4.69, 9.17) is 28.4 Å². The zero-order valence-corrected chi connectivity index (χ0v) is 20.6. The first kappa shape index (κ1) is 26.7. The maximum Gasteiger partial charge on any atom is 0.211 e. The van der Waals surface area contributed by atoms with E-state index in [1.807, 2.05) is 0 Å². The van der Waals surface area contributed by atoms with Gasteiger partial charge in [0.25, 0.3) is 0 Å². The lowest BCUT2D eigenvalue weighted by Gasteiger charge is -2.21. The largest absolute Gasteiger partial charge is 0.502 e. The molecule has 4 N–H and O–H groups in total. The zero-order chi connectivity index (χ0) is 26.4. The third-order valence-electron chi connectivity index (χ3n) is 5.57. The normalized spacial score (nSPS) is 12.4. The van der Waals surface area contributed by atoms with Crippen molar-refractivity contribution in [1.29, 1.82) is 0 Å². The van der Waals surface area contributed by atoms with Crippen LogP contribution in [0.4, 0.5) is 0 Å². The molecule has 0 aliphatic carbocycles. The lowest BCUT2D eigenvalue weighted by molar-refractivity contribution is -0.0154. The lowest BCUT2D eigenvalue weighted by atomic mass is 10.0. The molecule has 0 heterocycles. The third kappa shape index (κ3) is 5.35. The van der Waals surface area contributed by atoms with Gasteiger partial charge in [-0.25, -0.2) is 0 Å². The third-order valence-corrected chi connectivity index (χ3v) is 5.57. The highest BCUT2D eigenvalue weighted by atomic mass is 16.5. The summed E-state index contributed by atoms with van der Waals surface area (Å²) in [6.07, 6.45) is -2.80. The van der Waals surface area contributed by atoms with Crippen LogP contribution in [0.5, 0.6) is 46.0 Å². The summed E-state index contributed by atoms with van der Waals surface area (Å²) in [6.45, 7) is -0.640. The van der Waals surface area contributed by atoms with Gasteiger partial charge in [0.05, 0.1) is 42.2 Å². The van der Waals surface area contributed by atoms with Gasteiger partial charge in [0.15, 0.2) is 23.0 Å². The van der Waals surface area contributed by atoms with Crippen molar-refractivity contribution in [3.63, 3.8) is 0 Å². The molecule has 36 heavy (non-hydrogen) atoms. The first-order valence-corrected chi connectivity index (χ1v) is 10.9. The topological polar surface area (TPSA) is 136 Å². The van der Waals surface area contributed by atoms with E-state index >= 15 is 0 Å². The average molecular weight is 503 g/mol. The summed E-state index contributed by atoms with van der Waals surface area (Å²) >= 11 is 0. The maximum atomic E-state index is 10.8. The van der Waals surface area contributed by atoms with Crippen molar-refractivity contribution < 1.29 is 48.8 Å². The van der Waals surface area contributed by atoms with Gasteiger partial charge in [-0.15, -0.1) is 0 Å². The van der Waals surface area contributed by atoms with Crippen LogP contribution in [0.25, 0.3) is 11.1 Å². The molecule has 0 radical (unpaired) electrons. The second kappa shape index (κ2) is 11.7. The Morgan fingerprint density at radius 2 is 1.28 bits per heavy atom. The lowest BCUT2D eigenvalue weighted by Crippen LogP contribution is -2.22. The van der Waals surface area contributed by atoms with Gasteiger partial charge in [-0.3, -0.25) is 0 Å². The molecule has 0 aliphatic rings. The fraction of sp³-hybridized carbons (Fsp3) is 0.308. The number of ether oxygens (including phenoxy) is 6. The summed E-state index contributed by atoms with van der Waals surface area (Å²) in [6, 6.07) is 11.4. The summed E-state index contributed by atoms with van der Waals surface area (Å²) in [5.41, 5.74) is 1.54. The first-order valence-electron chi connectivity index (χ1n) is 10.9. The molecule has 10 heteroatoms. The number of hydrogen-bond acceptors (Lipinski definition) is 10. The van der Waals surface area contributed by atoms with Crippen molar-refractivity contribution in [2.75, 3.05) is 42.2 Å². The molecule has 0 unspecified atom stereocenters. The molecule has 3 aromatic rings. The monoisotopic (exact) mass is 502 g/mol. The van der Waals surface area contributed by atoms with E-state index in [0.29, 0.717) is 22.6 Å². The average Bonchev–Trinajstić information content (AvgIpc) is 2.92. The molecule has 10 nitrogen and oxygen atoms in total. The van der Waals surface area contributed by atoms with E-state index in [1.165, 1.54) is 40.6 Å². The van der Waals surface area contributed by atoms with Gasteiger partial charge < -0.3 is 48.8 Å². The molecule has 2 atom stereocenters. The molecule has 3 rings (SSSR count). The predicted molar refractivity (Wildman–Crippen MR) is 131 cm³/mol. The number of aromatic hydroxyl groups is 1. The van der Waals surface area contributed by atoms with E-state index in [2.05, 4.69) is 0 Å². The minimum absolute atomic E-state index is 0.0301. The molecule has 194 valence electrons. The highest BCUT2D eigenvalue weighted by Crippen LogP contribution is 2.49. The van der Waals surface area contributed by atoms with E-state index in [0.717, 1.165) is 0 Å². The minimum Gasteiger partial charge on any atom is -0.502 e. The van der Waals surface area contributed by atoms with Gasteiger partial charge in [-0.2, -0.15) is 0 Å². The second-order valence-corrected chi connectivity index (χ2v) is 7.64. The van der Waals surface area contributed by atoms with Crippen molar-refractivity contribution in [1.82, 2.24) is 0 Å². The van der Waals surface area contributed by atoms with Crippen LogP contribution in [-0.4, -0.2) is 68.7 Å². The SMILES string of the molecule is COc1ccc(-c2cc(OC)c(O)c(Oc3c(OC)cc([C@@H](O)[C@H](O)CO)cc3OC)c2)c(OC)c1. The molecule has 0 spiro atoms. The van der Waals surface area contributed by atoms with Gasteiger partial charge in [-0.05, 0) is 47.5 Å². The highest BCUT2D eigenvalue weighted by Gasteiger charge is 2.25. The van der Waals surface area contributed by atoms with Gasteiger partial charge in [0, 0.05) is 11.6 Å². The van der Waals surface area contributed by atoms with Gasteiger partial charge in [-0.1, -0.05) is 0 Å². The number of benzene rings is 3. The number of phenolic OH excluding ortho intramolecular Hbond substituents is 1. The molecule has 0 aliphatic heterocycles. The van der Waals surface area contributed by atoms with Gasteiger partial charge in [0.2, 0.25) is 11.5 Å². The van der Waals surface area contributed by atoms with Gasteiger partial charge >= 0.3 is 0 Å². The molecule has 0 fully saturated rings. The summed E-state index contributed by atoms with van der Waals surface area (Å²) in [5.74, 6) is 1.46. The Balaban J connectivity index is 2.14. The van der Waals surface area contributed by atoms with E-state index in [1.54, 1.807) is 37.4 Å². The van der Waals surface area contributed by atoms with Crippen LogP contribution in [0, 0.1) is 0 Å². The first-order chi connectivity index (χ1) is 17.3. The van der Waals surface area contributed by atoms with Crippen LogP contribution in [0.3, 0.4) is 0 Å². The van der Waals surface area contributed by atoms with Crippen LogP contribution in [0.1, 0.15) is 11.7 Å². The van der Waals surface area contributed by atoms with Crippen LogP contribution in [0.15, 0.2) is 42.5 Å². The van der Waals surface area contributed by atoms with Crippen molar-refractivity contribution in [2.24, 2.45) is 0 Å². The van der Waals surface area contributed by atoms with Crippen LogP contribution in [-0.2, 0) is 0 Å². The van der Waals surface area contributed by atoms with E-state index in [9.17, 15) is 20.4 Å². The minimum atomic E-state index is -1.41. The Hall–Kier alpha value is -3.86. The molecule has 3 aromatic carbocycles. The fourth-order valence-corrected chi connectivity index (χ4v) is 3.61. The highest BCUT2D eigenvalue weighted by molar-refractivity contribution is 5.76. The standard InChI is InChI=1S/C26H30O10/c1-31-16-6-7-17(19(12-16)32-2)14-8-20(33-3)25(30)21(9-14)36-26-22(34-4)10-15(11-23(26)35-5)24(29)18(28)13-27/h6-12,18,24,27-30H,13H2,1-5H3/t18-,24-/m1/s1. The van der Waals surface area contributed by atoms with Gasteiger partial charge in [0.1, 0.15) is 23.7 Å². The second-order valence-electron chi connectivity index (χ2n) is 7.64. The Morgan fingerprint density at radius 1 is 0.694 bits per heavy atom. The number of phenols is 1. The van der Waals surface area contributed by atoms with Crippen molar-refractivity contribution in [3.8, 4) is 57.1 Å². The molecular weight excluding hydrogens is 472 g/mol. The molecule has 0 amide bonds. The van der Waals surface area contributed by atoms with Crippen molar-refractivity contribution in [2.45, 2.75) is 12.2 Å². The summed E-state index contributed by atoms with van der Waals surface area (Å²) in [5, 5.41) is 40.2. The summed E-state index contributed by atoms with van der Waals surface area (Å²) < 4.78 is 33.1. The molecule has 0 saturated heterocycles. The summed E-state index contributed by atoms with van der Waals surface area (Å²) in [7, 11) is 7.28. The number of methoxy groups -OCH3 is 5. The van der Waals surface area contributed by atoms with Crippen LogP contribution >= 0.6 is 0 Å². The predicted octanol–water partition coefficient (Wildman–Crippen LogP) is 3.28. The number of rotatable bonds is 11. The van der Waals surface area contributed by atoms with E-state index in [-0.39, 0.29) is 40.1 Å². The molecular formula is C26H30O10. The summed E-state index contributed by atoms with van der Waals surface area (Å²) in [4.78, 5) is 0. The zero-order valence-electron chi connectivity index (χ0n) is 20.6. The number of aliphatic hydroxyl groups is 3. The smallest absolute Gasteiger partial charge is 0.211 e. The Bertz CT molecular complexity index is 1170. The number of hydrogen-bond donors (Lipinski definition) is 4. The number of aliphatic hydroxyl groups excluding tert-OH is 3.